The van der Waals surface area contributed by atoms with Gasteiger partial charge in [-0.15, -0.1) is 12.3 Å². The standard InChI is InChI=1S/C20H20O.C3H4.C2H6/c1-16-7-6-11-17(14-13-16)19-10-3-2-8-18-9-4-5-12-20(18)21-15-19;1-3-2;1-2/h2-7,9-10,12-14H,8,11,15H2,1H3;1H,2H3;1-2H3/b3-2-,19-10+;;. The van der Waals surface area contributed by atoms with Gasteiger partial charge in [0.25, 0.3) is 0 Å². The van der Waals surface area contributed by atoms with Gasteiger partial charge in [0.15, 0.2) is 0 Å². The number of hydrogen-bond acceptors (Lipinski definition) is 1. The van der Waals surface area contributed by atoms with Crippen molar-refractivity contribution in [1.29, 1.82) is 0 Å². The SMILES string of the molecule is C#CC.CC.CC1=CC=C(/C2=C/C=C\Cc3ccccc3OC2)CC=C1. The summed E-state index contributed by atoms with van der Waals surface area (Å²) in [5, 5.41) is 0. The molecule has 26 heavy (non-hydrogen) atoms. The van der Waals surface area contributed by atoms with Crippen LogP contribution in [0.15, 0.2) is 83.5 Å². The number of allylic oxidation sites excluding steroid dienone is 8. The molecule has 0 N–H and O–H groups in total. The van der Waals surface area contributed by atoms with E-state index in [2.05, 4.69) is 80.0 Å². The van der Waals surface area contributed by atoms with Crippen molar-refractivity contribution in [1.82, 2.24) is 0 Å². The Morgan fingerprint density at radius 2 is 1.69 bits per heavy atom. The maximum absolute atomic E-state index is 6.05. The van der Waals surface area contributed by atoms with E-state index in [1.807, 2.05) is 19.9 Å². The molecule has 0 aromatic heterocycles. The molecule has 1 aromatic rings. The zero-order valence-corrected chi connectivity index (χ0v) is 16.5. The van der Waals surface area contributed by atoms with E-state index in [9.17, 15) is 0 Å². The topological polar surface area (TPSA) is 9.23 Å². The maximum Gasteiger partial charge on any atom is 0.123 e. The van der Waals surface area contributed by atoms with Gasteiger partial charge in [-0.2, -0.15) is 0 Å². The smallest absolute Gasteiger partial charge is 0.123 e. The van der Waals surface area contributed by atoms with Gasteiger partial charge in [-0.3, -0.25) is 0 Å². The summed E-state index contributed by atoms with van der Waals surface area (Å²) in [5.74, 6) is 3.24. The molecule has 0 bridgehead atoms. The summed E-state index contributed by atoms with van der Waals surface area (Å²) in [4.78, 5) is 0. The summed E-state index contributed by atoms with van der Waals surface area (Å²) in [6.07, 6.45) is 21.8. The van der Waals surface area contributed by atoms with Gasteiger partial charge >= 0.3 is 0 Å². The number of benzene rings is 1. The first-order valence-electron chi connectivity index (χ1n) is 9.22. The first-order valence-corrected chi connectivity index (χ1v) is 9.22. The van der Waals surface area contributed by atoms with Gasteiger partial charge in [-0.05, 0) is 49.5 Å². The van der Waals surface area contributed by atoms with Gasteiger partial charge in [-0.25, -0.2) is 0 Å². The van der Waals surface area contributed by atoms with E-state index >= 15 is 0 Å². The molecule has 0 atom stereocenters. The number of terminal acetylenes is 1. The van der Waals surface area contributed by atoms with Crippen LogP contribution < -0.4 is 4.74 Å². The Hall–Kier alpha value is -2.72. The van der Waals surface area contributed by atoms with Crippen molar-refractivity contribution in [2.24, 2.45) is 0 Å². The average molecular weight is 347 g/mol. The van der Waals surface area contributed by atoms with Crippen LogP contribution >= 0.6 is 0 Å². The van der Waals surface area contributed by atoms with E-state index in [4.69, 9.17) is 4.74 Å². The number of rotatable bonds is 1. The van der Waals surface area contributed by atoms with Crippen LogP contribution in [0.1, 0.15) is 39.7 Å². The fourth-order valence-corrected chi connectivity index (χ4v) is 2.56. The minimum atomic E-state index is 0.619. The molecule has 0 spiro atoms. The predicted molar refractivity (Wildman–Crippen MR) is 114 cm³/mol. The summed E-state index contributed by atoms with van der Waals surface area (Å²) in [7, 11) is 0. The highest BCUT2D eigenvalue weighted by Crippen LogP contribution is 2.24. The van der Waals surface area contributed by atoms with Crippen LogP contribution in [0, 0.1) is 12.3 Å². The van der Waals surface area contributed by atoms with Gasteiger partial charge in [0, 0.05) is 0 Å². The highest BCUT2D eigenvalue weighted by atomic mass is 16.5. The molecular weight excluding hydrogens is 316 g/mol. The molecule has 0 fully saturated rings. The lowest BCUT2D eigenvalue weighted by molar-refractivity contribution is 0.351. The normalized spacial score (nSPS) is 18.3. The lowest BCUT2D eigenvalue weighted by Gasteiger charge is -2.13. The second kappa shape index (κ2) is 12.6. The van der Waals surface area contributed by atoms with Gasteiger partial charge in [-0.1, -0.05) is 80.2 Å². The van der Waals surface area contributed by atoms with Crippen molar-refractivity contribution in [3.05, 3.63) is 89.1 Å². The van der Waals surface area contributed by atoms with Crippen LogP contribution in [0.4, 0.5) is 0 Å². The summed E-state index contributed by atoms with van der Waals surface area (Å²) in [6.45, 7) is 8.40. The van der Waals surface area contributed by atoms with Crippen molar-refractivity contribution in [2.45, 2.75) is 40.5 Å². The molecule has 136 valence electrons. The Bertz CT molecular complexity index is 749. The second-order valence-corrected chi connectivity index (χ2v) is 5.72. The van der Waals surface area contributed by atoms with Crippen LogP contribution in [-0.2, 0) is 6.42 Å². The van der Waals surface area contributed by atoms with E-state index in [-0.39, 0.29) is 0 Å². The van der Waals surface area contributed by atoms with Gasteiger partial charge in [0.2, 0.25) is 0 Å². The Morgan fingerprint density at radius 1 is 0.962 bits per heavy atom. The van der Waals surface area contributed by atoms with Crippen molar-refractivity contribution in [2.75, 3.05) is 6.61 Å². The lowest BCUT2D eigenvalue weighted by atomic mass is 10.0. The third-order valence-electron chi connectivity index (χ3n) is 3.81. The summed E-state index contributed by atoms with van der Waals surface area (Å²) in [5.41, 5.74) is 5.11. The Labute approximate surface area is 159 Å². The molecule has 0 radical (unpaired) electrons. The van der Waals surface area contributed by atoms with E-state index in [0.29, 0.717) is 6.61 Å². The van der Waals surface area contributed by atoms with Crippen molar-refractivity contribution < 1.29 is 4.74 Å². The molecule has 1 aliphatic carbocycles. The molecule has 1 heterocycles. The summed E-state index contributed by atoms with van der Waals surface area (Å²) >= 11 is 0. The molecule has 0 saturated carbocycles. The monoisotopic (exact) mass is 346 g/mol. The largest absolute Gasteiger partial charge is 0.489 e. The minimum Gasteiger partial charge on any atom is -0.489 e. The Balaban J connectivity index is 0.000000615. The van der Waals surface area contributed by atoms with Crippen LogP contribution in [0.2, 0.25) is 0 Å². The van der Waals surface area contributed by atoms with E-state index in [1.165, 1.54) is 22.3 Å². The fraction of sp³-hybridized carbons (Fsp3) is 0.280. The Morgan fingerprint density at radius 3 is 2.46 bits per heavy atom. The first-order chi connectivity index (χ1) is 12.7. The van der Waals surface area contributed by atoms with Crippen molar-refractivity contribution in [3.63, 3.8) is 0 Å². The lowest BCUT2D eigenvalue weighted by Crippen LogP contribution is -2.04. The molecule has 2 aliphatic rings. The van der Waals surface area contributed by atoms with Crippen LogP contribution in [0.3, 0.4) is 0 Å². The highest BCUT2D eigenvalue weighted by molar-refractivity contribution is 5.44. The molecule has 0 saturated heterocycles. The number of hydrogen-bond donors (Lipinski definition) is 0. The molecule has 1 aliphatic heterocycles. The van der Waals surface area contributed by atoms with Gasteiger partial charge in [0.05, 0.1) is 0 Å². The second-order valence-electron chi connectivity index (χ2n) is 5.72. The van der Waals surface area contributed by atoms with E-state index in [1.54, 1.807) is 6.92 Å². The fourth-order valence-electron chi connectivity index (χ4n) is 2.56. The zero-order valence-electron chi connectivity index (χ0n) is 16.5. The van der Waals surface area contributed by atoms with Crippen LogP contribution in [0.5, 0.6) is 5.75 Å². The number of fused-ring (bicyclic) bond motifs is 1. The highest BCUT2D eigenvalue weighted by Gasteiger charge is 2.09. The van der Waals surface area contributed by atoms with Gasteiger partial charge < -0.3 is 4.74 Å². The zero-order chi connectivity index (χ0) is 19.2. The predicted octanol–water partition coefficient (Wildman–Crippen LogP) is 6.60. The molecule has 0 amide bonds. The molecular formula is C25H30O. The molecule has 0 unspecified atom stereocenters. The summed E-state index contributed by atoms with van der Waals surface area (Å²) < 4.78 is 6.05. The quantitative estimate of drug-likeness (QED) is 0.520. The molecule has 1 heteroatoms. The number of ether oxygens (including phenoxy) is 1. The van der Waals surface area contributed by atoms with Gasteiger partial charge in [0.1, 0.15) is 12.4 Å². The van der Waals surface area contributed by atoms with E-state index in [0.717, 1.165) is 18.6 Å². The third-order valence-corrected chi connectivity index (χ3v) is 3.81. The third kappa shape index (κ3) is 7.03. The molecule has 1 nitrogen and oxygen atoms in total. The van der Waals surface area contributed by atoms with Crippen LogP contribution in [-0.4, -0.2) is 6.61 Å². The van der Waals surface area contributed by atoms with E-state index < -0.39 is 0 Å². The Kier molecular flexibility index (Phi) is 10.3. The number of para-hydroxylation sites is 1. The van der Waals surface area contributed by atoms with Crippen LogP contribution in [0.25, 0.3) is 0 Å². The summed E-state index contributed by atoms with van der Waals surface area (Å²) in [6, 6.07) is 8.28. The minimum absolute atomic E-state index is 0.619. The van der Waals surface area contributed by atoms with Crippen molar-refractivity contribution in [3.8, 4) is 18.1 Å². The van der Waals surface area contributed by atoms with Crippen molar-refractivity contribution >= 4 is 0 Å². The first kappa shape index (κ1) is 21.3. The maximum atomic E-state index is 6.05. The molecule has 1 aromatic carbocycles. The molecule has 3 rings (SSSR count). The average Bonchev–Trinajstić information content (AvgIpc) is 2.82.